The van der Waals surface area contributed by atoms with Crippen molar-refractivity contribution < 1.29 is 19.4 Å². The highest BCUT2D eigenvalue weighted by Crippen LogP contribution is 2.36. The van der Waals surface area contributed by atoms with Gasteiger partial charge in [-0.25, -0.2) is 4.79 Å². The van der Waals surface area contributed by atoms with E-state index in [-0.39, 0.29) is 12.5 Å². The van der Waals surface area contributed by atoms with Crippen molar-refractivity contribution in [2.24, 2.45) is 29.4 Å². The van der Waals surface area contributed by atoms with Gasteiger partial charge in [0.15, 0.2) is 5.66 Å². The molecule has 0 saturated heterocycles. The third-order valence-electron chi connectivity index (χ3n) is 5.22. The van der Waals surface area contributed by atoms with Gasteiger partial charge in [0.1, 0.15) is 12.0 Å². The summed E-state index contributed by atoms with van der Waals surface area (Å²) in [5.74, 6) is -1.60. The van der Waals surface area contributed by atoms with E-state index in [4.69, 9.17) is 10.5 Å². The van der Waals surface area contributed by atoms with Crippen LogP contribution in [0.3, 0.4) is 0 Å². The molecule has 2 aliphatic rings. The number of hydrogen-bond donors (Lipinski definition) is 3. The summed E-state index contributed by atoms with van der Waals surface area (Å²) in [5, 5.41) is 12.1. The first kappa shape index (κ1) is 17.8. The zero-order valence-corrected chi connectivity index (χ0v) is 14.1. The summed E-state index contributed by atoms with van der Waals surface area (Å²) in [6.45, 7) is 6.40. The Balaban J connectivity index is 2.15. The van der Waals surface area contributed by atoms with Crippen LogP contribution in [0.4, 0.5) is 0 Å². The van der Waals surface area contributed by atoms with Crippen LogP contribution in [0.2, 0.25) is 0 Å². The van der Waals surface area contributed by atoms with Crippen LogP contribution >= 0.6 is 0 Å². The molecule has 2 rings (SSSR count). The van der Waals surface area contributed by atoms with E-state index in [1.54, 1.807) is 6.08 Å². The Hall–Kier alpha value is -1.56. The molecule has 0 aromatic heterocycles. The van der Waals surface area contributed by atoms with Gasteiger partial charge < -0.3 is 15.2 Å². The van der Waals surface area contributed by atoms with Gasteiger partial charge in [-0.05, 0) is 43.2 Å². The molecule has 1 saturated carbocycles. The van der Waals surface area contributed by atoms with Gasteiger partial charge in [-0.15, -0.1) is 0 Å². The smallest absolute Gasteiger partial charge is 0.348 e. The van der Waals surface area contributed by atoms with Crippen LogP contribution in [0.25, 0.3) is 0 Å². The molecule has 23 heavy (non-hydrogen) atoms. The number of allylic oxidation sites excluding steroid dienone is 1. The van der Waals surface area contributed by atoms with Gasteiger partial charge in [-0.2, -0.15) is 0 Å². The molecule has 5 atom stereocenters. The monoisotopic (exact) mass is 324 g/mol. The van der Waals surface area contributed by atoms with Gasteiger partial charge in [0, 0.05) is 0 Å². The van der Waals surface area contributed by atoms with E-state index in [9.17, 15) is 14.7 Å². The predicted octanol–water partition coefficient (Wildman–Crippen LogP) is 1.85. The third-order valence-corrected chi connectivity index (χ3v) is 5.22. The fraction of sp³-hybridized carbons (Fsp3) is 0.765. The molecule has 0 bridgehead atoms. The van der Waals surface area contributed by atoms with Crippen LogP contribution in [0, 0.1) is 23.7 Å². The Kier molecular flexibility index (Phi) is 5.34. The minimum Gasteiger partial charge on any atom is -0.481 e. The van der Waals surface area contributed by atoms with Crippen molar-refractivity contribution in [1.82, 2.24) is 5.32 Å². The average molecular weight is 324 g/mol. The SMILES string of the molecule is CC1CCC(C(C)C)C(OC(=O)C2(N)NC=CCC2C(=O)O)C1. The zero-order chi connectivity index (χ0) is 17.2. The lowest BCUT2D eigenvalue weighted by Crippen LogP contribution is -2.67. The molecule has 0 radical (unpaired) electrons. The number of ether oxygens (including phenoxy) is 1. The minimum atomic E-state index is -1.71. The number of hydrogen-bond acceptors (Lipinski definition) is 5. The maximum absolute atomic E-state index is 12.7. The molecule has 0 amide bonds. The van der Waals surface area contributed by atoms with E-state index in [1.165, 1.54) is 6.20 Å². The number of aliphatic carboxylic acids is 1. The van der Waals surface area contributed by atoms with Gasteiger partial charge in [0.2, 0.25) is 0 Å². The number of nitrogens with one attached hydrogen (secondary N) is 1. The lowest BCUT2D eigenvalue weighted by Gasteiger charge is -2.40. The van der Waals surface area contributed by atoms with Crippen molar-refractivity contribution in [2.75, 3.05) is 0 Å². The maximum atomic E-state index is 12.7. The molecule has 6 nitrogen and oxygen atoms in total. The van der Waals surface area contributed by atoms with E-state index in [0.29, 0.717) is 17.8 Å². The van der Waals surface area contributed by atoms with Crippen LogP contribution < -0.4 is 11.1 Å². The first-order valence-corrected chi connectivity index (χ1v) is 8.41. The quantitative estimate of drug-likeness (QED) is 0.682. The van der Waals surface area contributed by atoms with E-state index in [1.807, 2.05) is 0 Å². The molecule has 0 aromatic rings. The van der Waals surface area contributed by atoms with Gasteiger partial charge in [-0.3, -0.25) is 10.5 Å². The highest BCUT2D eigenvalue weighted by atomic mass is 16.5. The molecule has 130 valence electrons. The Morgan fingerprint density at radius 2 is 2.09 bits per heavy atom. The lowest BCUT2D eigenvalue weighted by molar-refractivity contribution is -0.171. The molecule has 0 spiro atoms. The van der Waals surface area contributed by atoms with E-state index in [2.05, 4.69) is 26.1 Å². The van der Waals surface area contributed by atoms with Crippen molar-refractivity contribution in [3.05, 3.63) is 12.3 Å². The largest absolute Gasteiger partial charge is 0.481 e. The number of carboxylic acid groups (broad SMARTS) is 1. The Morgan fingerprint density at radius 1 is 1.39 bits per heavy atom. The Morgan fingerprint density at radius 3 is 2.70 bits per heavy atom. The molecule has 4 N–H and O–H groups in total. The van der Waals surface area contributed by atoms with E-state index >= 15 is 0 Å². The summed E-state index contributed by atoms with van der Waals surface area (Å²) in [6, 6.07) is 0. The fourth-order valence-corrected chi connectivity index (χ4v) is 3.67. The van der Waals surface area contributed by atoms with Crippen LogP contribution in [0.5, 0.6) is 0 Å². The molecule has 0 aromatic carbocycles. The number of esters is 1. The second kappa shape index (κ2) is 6.91. The van der Waals surface area contributed by atoms with Gasteiger partial charge in [0.05, 0.1) is 0 Å². The number of carboxylic acids is 1. The summed E-state index contributed by atoms with van der Waals surface area (Å²) in [7, 11) is 0. The molecule has 5 unspecified atom stereocenters. The standard InChI is InChI=1S/C17H28N2O4/c1-10(2)12-7-6-11(3)9-14(12)23-16(22)17(18)13(15(20)21)5-4-8-19-17/h4,8,10-14,19H,5-7,9,18H2,1-3H3,(H,20,21). The molecule has 1 fully saturated rings. The minimum absolute atomic E-state index is 0.200. The van der Waals surface area contributed by atoms with Gasteiger partial charge in [-0.1, -0.05) is 33.3 Å². The first-order valence-electron chi connectivity index (χ1n) is 8.41. The average Bonchev–Trinajstić information content (AvgIpc) is 2.47. The molecule has 1 aliphatic carbocycles. The topological polar surface area (TPSA) is 102 Å². The number of rotatable bonds is 4. The zero-order valence-electron chi connectivity index (χ0n) is 14.1. The predicted molar refractivity (Wildman–Crippen MR) is 86.2 cm³/mol. The number of nitrogens with two attached hydrogens (primary N) is 1. The summed E-state index contributed by atoms with van der Waals surface area (Å²) >= 11 is 0. The van der Waals surface area contributed by atoms with Crippen LogP contribution in [-0.2, 0) is 14.3 Å². The third kappa shape index (κ3) is 3.68. The molecule has 6 heteroatoms. The van der Waals surface area contributed by atoms with Gasteiger partial charge in [0.25, 0.3) is 0 Å². The van der Waals surface area contributed by atoms with Crippen molar-refractivity contribution in [1.29, 1.82) is 0 Å². The van der Waals surface area contributed by atoms with Crippen molar-refractivity contribution in [2.45, 2.75) is 58.2 Å². The van der Waals surface area contributed by atoms with Crippen LogP contribution in [-0.4, -0.2) is 28.8 Å². The summed E-state index contributed by atoms with van der Waals surface area (Å²) in [6.07, 6.45) is 6.16. The number of carbonyl (C=O) groups excluding carboxylic acids is 1. The molecule has 1 heterocycles. The first-order chi connectivity index (χ1) is 10.8. The summed E-state index contributed by atoms with van der Waals surface area (Å²) in [4.78, 5) is 24.1. The normalized spacial score (nSPS) is 37.3. The second-order valence-electron chi connectivity index (χ2n) is 7.31. The summed E-state index contributed by atoms with van der Waals surface area (Å²) in [5.41, 5.74) is 4.40. The second-order valence-corrected chi connectivity index (χ2v) is 7.31. The highest BCUT2D eigenvalue weighted by molar-refractivity contribution is 5.88. The number of carbonyl (C=O) groups is 2. The lowest BCUT2D eigenvalue weighted by atomic mass is 9.75. The maximum Gasteiger partial charge on any atom is 0.348 e. The summed E-state index contributed by atoms with van der Waals surface area (Å²) < 4.78 is 5.73. The van der Waals surface area contributed by atoms with E-state index < -0.39 is 23.5 Å². The van der Waals surface area contributed by atoms with Crippen LogP contribution in [0.15, 0.2) is 12.3 Å². The van der Waals surface area contributed by atoms with Crippen molar-refractivity contribution in [3.8, 4) is 0 Å². The van der Waals surface area contributed by atoms with Crippen molar-refractivity contribution in [3.63, 3.8) is 0 Å². The van der Waals surface area contributed by atoms with E-state index in [0.717, 1.165) is 19.3 Å². The van der Waals surface area contributed by atoms with Gasteiger partial charge >= 0.3 is 11.9 Å². The highest BCUT2D eigenvalue weighted by Gasteiger charge is 2.49. The Labute approximate surface area is 137 Å². The van der Waals surface area contributed by atoms with Crippen LogP contribution in [0.1, 0.15) is 46.5 Å². The van der Waals surface area contributed by atoms with Crippen molar-refractivity contribution >= 4 is 11.9 Å². The molecular weight excluding hydrogens is 296 g/mol. The molecular formula is C17H28N2O4. The Bertz CT molecular complexity index is 491. The fourth-order valence-electron chi connectivity index (χ4n) is 3.67. The molecule has 1 aliphatic heterocycles.